The number of allylic oxidation sites excluding steroid dienone is 4. The van der Waals surface area contributed by atoms with Crippen molar-refractivity contribution in [3.63, 3.8) is 0 Å². The molecule has 0 bridgehead atoms. The first kappa shape index (κ1) is 18.2. The number of methoxy groups -OCH3 is 1. The van der Waals surface area contributed by atoms with E-state index in [-0.39, 0.29) is 21.0 Å². The highest BCUT2D eigenvalue weighted by Gasteiger charge is 2.30. The zero-order valence-electron chi connectivity index (χ0n) is 14.4. The van der Waals surface area contributed by atoms with E-state index < -0.39 is 9.84 Å². The second-order valence-electron chi connectivity index (χ2n) is 5.67. The summed E-state index contributed by atoms with van der Waals surface area (Å²) in [5.41, 5.74) is 1.05. The first-order valence-corrected chi connectivity index (χ1v) is 9.42. The molecule has 1 aliphatic heterocycles. The third-order valence-electron chi connectivity index (χ3n) is 4.10. The first-order chi connectivity index (χ1) is 13.0. The summed E-state index contributed by atoms with van der Waals surface area (Å²) in [6, 6.07) is 18.8. The van der Waals surface area contributed by atoms with E-state index in [0.29, 0.717) is 16.9 Å². The Kier molecular flexibility index (Phi) is 4.94. The summed E-state index contributed by atoms with van der Waals surface area (Å²) in [7, 11) is -2.32. The van der Waals surface area contributed by atoms with Crippen molar-refractivity contribution >= 4 is 19.6 Å². The Morgan fingerprint density at radius 1 is 0.852 bits per heavy atom. The van der Waals surface area contributed by atoms with Gasteiger partial charge in [0.15, 0.2) is 0 Å². The number of rotatable bonds is 3. The van der Waals surface area contributed by atoms with Gasteiger partial charge in [-0.25, -0.2) is 8.42 Å². The summed E-state index contributed by atoms with van der Waals surface area (Å²) in [5, 5.41) is 18.5. The quantitative estimate of drug-likeness (QED) is 0.761. The summed E-state index contributed by atoms with van der Waals surface area (Å²) in [6.07, 6.45) is 2.74. The van der Waals surface area contributed by atoms with Gasteiger partial charge < -0.3 is 4.74 Å². The third-order valence-corrected chi connectivity index (χ3v) is 5.96. The van der Waals surface area contributed by atoms with Gasteiger partial charge in [0, 0.05) is 5.57 Å². The largest absolute Gasteiger partial charge is 0.497 e. The fraction of sp³-hybridized carbons (Fsp3) is 0.0476. The number of benzene rings is 2. The molecule has 3 rings (SSSR count). The van der Waals surface area contributed by atoms with E-state index in [2.05, 4.69) is 0 Å². The number of hydrogen-bond donors (Lipinski definition) is 0. The molecule has 0 atom stereocenters. The van der Waals surface area contributed by atoms with Crippen molar-refractivity contribution < 1.29 is 13.2 Å². The van der Waals surface area contributed by atoms with Crippen molar-refractivity contribution in [2.75, 3.05) is 7.11 Å². The molecule has 0 saturated carbocycles. The summed E-state index contributed by atoms with van der Waals surface area (Å²) in [5.74, 6) is 0.594. The van der Waals surface area contributed by atoms with Gasteiger partial charge in [-0.15, -0.1) is 0 Å². The van der Waals surface area contributed by atoms with E-state index >= 15 is 0 Å². The molecule has 0 N–H and O–H groups in total. The highest BCUT2D eigenvalue weighted by molar-refractivity contribution is 8.09. The smallest absolute Gasteiger partial charge is 0.207 e. The van der Waals surface area contributed by atoms with E-state index in [1.54, 1.807) is 54.6 Å². The molecular weight excluding hydrogens is 360 g/mol. The molecule has 0 saturated heterocycles. The Labute approximate surface area is 157 Å². The number of hydrogen-bond acceptors (Lipinski definition) is 5. The fourth-order valence-electron chi connectivity index (χ4n) is 2.73. The van der Waals surface area contributed by atoms with Gasteiger partial charge in [0.25, 0.3) is 0 Å². The average molecular weight is 374 g/mol. The lowest BCUT2D eigenvalue weighted by molar-refractivity contribution is 0.415. The van der Waals surface area contributed by atoms with Crippen LogP contribution < -0.4 is 4.74 Å². The molecule has 0 fully saturated rings. The SMILES string of the molecule is COc1ccc(C2=CC(=C(C#N)C#N)C=C(c3ccccc3)S2(=O)=O)cc1. The Morgan fingerprint density at radius 2 is 1.37 bits per heavy atom. The van der Waals surface area contributed by atoms with Crippen LogP contribution in [0.3, 0.4) is 0 Å². The van der Waals surface area contributed by atoms with Gasteiger partial charge in [-0.05, 0) is 47.5 Å². The van der Waals surface area contributed by atoms with E-state index in [1.165, 1.54) is 19.3 Å². The third kappa shape index (κ3) is 3.39. The number of nitriles is 2. The number of ether oxygens (including phenoxy) is 1. The van der Waals surface area contributed by atoms with Crippen molar-refractivity contribution in [2.45, 2.75) is 0 Å². The topological polar surface area (TPSA) is 90.9 Å². The van der Waals surface area contributed by atoms with Gasteiger partial charge >= 0.3 is 0 Å². The molecule has 5 nitrogen and oxygen atoms in total. The van der Waals surface area contributed by atoms with Crippen LogP contribution in [0.15, 0.2) is 77.9 Å². The number of sulfone groups is 1. The van der Waals surface area contributed by atoms with Gasteiger partial charge in [0.2, 0.25) is 9.84 Å². The maximum absolute atomic E-state index is 13.3. The fourth-order valence-corrected chi connectivity index (χ4v) is 4.42. The molecule has 1 heterocycles. The van der Waals surface area contributed by atoms with E-state index in [9.17, 15) is 18.9 Å². The minimum Gasteiger partial charge on any atom is -0.497 e. The Bertz CT molecular complexity index is 1140. The highest BCUT2D eigenvalue weighted by atomic mass is 32.2. The summed E-state index contributed by atoms with van der Waals surface area (Å²) >= 11 is 0. The Balaban J connectivity index is 2.28. The second kappa shape index (κ2) is 7.33. The van der Waals surface area contributed by atoms with Crippen LogP contribution in [0.1, 0.15) is 11.1 Å². The zero-order valence-corrected chi connectivity index (χ0v) is 15.2. The summed E-state index contributed by atoms with van der Waals surface area (Å²) < 4.78 is 31.6. The van der Waals surface area contributed by atoms with Crippen LogP contribution in [0.4, 0.5) is 0 Å². The van der Waals surface area contributed by atoms with Gasteiger partial charge in [0.1, 0.15) is 23.5 Å². The van der Waals surface area contributed by atoms with Crippen molar-refractivity contribution in [3.8, 4) is 17.9 Å². The molecule has 0 amide bonds. The standard InChI is InChI=1S/C21H14N2O3S/c1-26-19-9-7-16(8-10-19)21-12-17(18(13-22)14-23)11-20(27(21,24)25)15-5-3-2-4-6-15/h2-12H,1H3. The molecule has 0 spiro atoms. The Hall–Kier alpha value is -3.61. The molecule has 27 heavy (non-hydrogen) atoms. The van der Waals surface area contributed by atoms with E-state index in [0.717, 1.165) is 0 Å². The van der Waals surface area contributed by atoms with Crippen LogP contribution in [0, 0.1) is 22.7 Å². The molecule has 1 aliphatic rings. The van der Waals surface area contributed by atoms with Crippen LogP contribution >= 0.6 is 0 Å². The maximum atomic E-state index is 13.3. The normalized spacial score (nSPS) is 15.0. The maximum Gasteiger partial charge on any atom is 0.207 e. The lowest BCUT2D eigenvalue weighted by atomic mass is 10.0. The summed E-state index contributed by atoms with van der Waals surface area (Å²) in [6.45, 7) is 0. The molecule has 2 aromatic rings. The average Bonchev–Trinajstić information content (AvgIpc) is 2.70. The van der Waals surface area contributed by atoms with E-state index in [4.69, 9.17) is 4.74 Å². The molecule has 132 valence electrons. The van der Waals surface area contributed by atoms with Crippen LogP contribution in [-0.4, -0.2) is 15.5 Å². The lowest BCUT2D eigenvalue weighted by Crippen LogP contribution is -2.11. The van der Waals surface area contributed by atoms with Crippen LogP contribution in [-0.2, 0) is 9.84 Å². The molecule has 0 unspecified atom stereocenters. The summed E-state index contributed by atoms with van der Waals surface area (Å²) in [4.78, 5) is 0.0823. The highest BCUT2D eigenvalue weighted by Crippen LogP contribution is 2.39. The molecule has 0 aliphatic carbocycles. The van der Waals surface area contributed by atoms with Crippen molar-refractivity contribution in [2.24, 2.45) is 0 Å². The molecule has 0 aromatic heterocycles. The predicted octanol–water partition coefficient (Wildman–Crippen LogP) is 3.85. The van der Waals surface area contributed by atoms with Crippen LogP contribution in [0.2, 0.25) is 0 Å². The molecular formula is C21H14N2O3S. The second-order valence-corrected chi connectivity index (χ2v) is 7.56. The minimum atomic E-state index is -3.84. The van der Waals surface area contributed by atoms with Gasteiger partial charge in [0.05, 0.1) is 16.9 Å². The van der Waals surface area contributed by atoms with E-state index in [1.807, 2.05) is 12.1 Å². The van der Waals surface area contributed by atoms with Gasteiger partial charge in [-0.2, -0.15) is 10.5 Å². The lowest BCUT2D eigenvalue weighted by Gasteiger charge is -2.18. The van der Waals surface area contributed by atoms with Crippen LogP contribution in [0.5, 0.6) is 5.75 Å². The number of nitrogens with zero attached hydrogens (tertiary/aromatic N) is 2. The van der Waals surface area contributed by atoms with Gasteiger partial charge in [-0.1, -0.05) is 30.3 Å². The monoisotopic (exact) mass is 374 g/mol. The predicted molar refractivity (Wildman–Crippen MR) is 103 cm³/mol. The molecule has 2 aromatic carbocycles. The van der Waals surface area contributed by atoms with Crippen molar-refractivity contribution in [1.29, 1.82) is 10.5 Å². The van der Waals surface area contributed by atoms with Gasteiger partial charge in [-0.3, -0.25) is 0 Å². The zero-order chi connectivity index (χ0) is 19.4. The Morgan fingerprint density at radius 3 is 1.85 bits per heavy atom. The van der Waals surface area contributed by atoms with Crippen LogP contribution in [0.25, 0.3) is 9.81 Å². The molecule has 0 radical (unpaired) electrons. The first-order valence-electron chi connectivity index (χ1n) is 7.94. The molecule has 6 heteroatoms. The minimum absolute atomic E-state index is 0.0320. The van der Waals surface area contributed by atoms with Crippen molar-refractivity contribution in [1.82, 2.24) is 0 Å². The van der Waals surface area contributed by atoms with Crippen molar-refractivity contribution in [3.05, 3.63) is 89.0 Å².